The fourth-order valence-electron chi connectivity index (χ4n) is 3.77. The Hall–Kier alpha value is -3.10. The van der Waals surface area contributed by atoms with Gasteiger partial charge in [0, 0.05) is 18.0 Å². The number of fused-ring (bicyclic) bond motifs is 2. The number of ether oxygens (including phenoxy) is 1. The second-order valence-electron chi connectivity index (χ2n) is 7.61. The van der Waals surface area contributed by atoms with E-state index >= 15 is 0 Å². The van der Waals surface area contributed by atoms with Gasteiger partial charge in [-0.2, -0.15) is 0 Å². The summed E-state index contributed by atoms with van der Waals surface area (Å²) in [5.41, 5.74) is 4.42. The maximum Gasteiger partial charge on any atom is 0.271 e. The molecule has 1 aliphatic rings. The third-order valence-electron chi connectivity index (χ3n) is 5.45. The topological polar surface area (TPSA) is 64.4 Å². The minimum atomic E-state index is -0.0931. The Balaban J connectivity index is 1.44. The first-order valence-corrected chi connectivity index (χ1v) is 12.1. The second-order valence-corrected chi connectivity index (χ2v) is 9.43. The molecule has 2 aromatic heterocycles. The number of thiophene rings is 1. The van der Waals surface area contributed by atoms with Gasteiger partial charge < -0.3 is 9.64 Å². The molecule has 32 heavy (non-hydrogen) atoms. The Kier molecular flexibility index (Phi) is 5.48. The Bertz CT molecular complexity index is 1380. The largest absolute Gasteiger partial charge is 0.490 e. The van der Waals surface area contributed by atoms with Crippen molar-refractivity contribution in [3.05, 3.63) is 69.8 Å². The highest BCUT2D eigenvalue weighted by Crippen LogP contribution is 2.34. The summed E-state index contributed by atoms with van der Waals surface area (Å²) in [6.45, 7) is 2.96. The van der Waals surface area contributed by atoms with Crippen molar-refractivity contribution in [1.29, 1.82) is 0 Å². The van der Waals surface area contributed by atoms with Crippen LogP contribution in [-0.2, 0) is 11.8 Å². The molecule has 0 radical (unpaired) electrons. The van der Waals surface area contributed by atoms with E-state index in [-0.39, 0.29) is 17.2 Å². The highest BCUT2D eigenvalue weighted by Gasteiger charge is 2.24. The molecule has 0 unspecified atom stereocenters. The zero-order chi connectivity index (χ0) is 22.2. The van der Waals surface area contributed by atoms with E-state index in [0.717, 1.165) is 28.1 Å². The first-order valence-electron chi connectivity index (χ1n) is 10.2. The van der Waals surface area contributed by atoms with Crippen molar-refractivity contribution in [3.63, 3.8) is 0 Å². The molecule has 0 bridgehead atoms. The zero-order valence-corrected chi connectivity index (χ0v) is 19.3. The zero-order valence-electron chi connectivity index (χ0n) is 17.7. The standard InChI is InChI=1S/C24H21N3O3S2/c1-15-8-9-19-18(12-15)27(10-11-30-19)20(28)14-32-24-25-21-17(16-6-4-3-5-7-16)13-31-22(21)23(29)26(24)2/h3-9,12-13H,10-11,14H2,1-2H3. The molecule has 0 saturated carbocycles. The molecule has 162 valence electrons. The summed E-state index contributed by atoms with van der Waals surface area (Å²) in [4.78, 5) is 32.6. The van der Waals surface area contributed by atoms with Gasteiger partial charge in [0.25, 0.3) is 5.56 Å². The molecule has 0 fully saturated rings. The van der Waals surface area contributed by atoms with E-state index in [4.69, 9.17) is 9.72 Å². The van der Waals surface area contributed by atoms with Crippen molar-refractivity contribution in [2.75, 3.05) is 23.8 Å². The van der Waals surface area contributed by atoms with Crippen LogP contribution in [0.1, 0.15) is 5.56 Å². The van der Waals surface area contributed by atoms with Crippen LogP contribution in [0.2, 0.25) is 0 Å². The van der Waals surface area contributed by atoms with Crippen LogP contribution in [-0.4, -0.2) is 34.4 Å². The summed E-state index contributed by atoms with van der Waals surface area (Å²) >= 11 is 2.69. The van der Waals surface area contributed by atoms with Crippen LogP contribution in [0.4, 0.5) is 5.69 Å². The van der Waals surface area contributed by atoms with Gasteiger partial charge in [-0.15, -0.1) is 11.3 Å². The van der Waals surface area contributed by atoms with Gasteiger partial charge in [0.1, 0.15) is 17.1 Å². The summed E-state index contributed by atoms with van der Waals surface area (Å²) in [5, 5.41) is 2.50. The molecule has 6 nitrogen and oxygen atoms in total. The Morgan fingerprint density at radius 3 is 2.84 bits per heavy atom. The van der Waals surface area contributed by atoms with Gasteiger partial charge >= 0.3 is 0 Å². The summed E-state index contributed by atoms with van der Waals surface area (Å²) in [6, 6.07) is 15.8. The van der Waals surface area contributed by atoms with Crippen molar-refractivity contribution in [2.24, 2.45) is 7.05 Å². The number of nitrogens with zero attached hydrogens (tertiary/aromatic N) is 3. The number of carbonyl (C=O) groups excluding carboxylic acids is 1. The summed E-state index contributed by atoms with van der Waals surface area (Å²) in [6.07, 6.45) is 0. The molecule has 0 N–H and O–H groups in total. The smallest absolute Gasteiger partial charge is 0.271 e. The number of thioether (sulfide) groups is 1. The average molecular weight is 464 g/mol. The number of amides is 1. The molecule has 1 aliphatic heterocycles. The molecule has 3 heterocycles. The normalized spacial score (nSPS) is 13.1. The highest BCUT2D eigenvalue weighted by molar-refractivity contribution is 7.99. The van der Waals surface area contributed by atoms with Crippen LogP contribution in [0.15, 0.2) is 63.9 Å². The van der Waals surface area contributed by atoms with E-state index in [1.807, 2.05) is 60.8 Å². The van der Waals surface area contributed by atoms with Crippen LogP contribution < -0.4 is 15.2 Å². The van der Waals surface area contributed by atoms with E-state index in [0.29, 0.717) is 28.5 Å². The van der Waals surface area contributed by atoms with Crippen LogP contribution >= 0.6 is 23.1 Å². The fourth-order valence-corrected chi connectivity index (χ4v) is 5.60. The first-order chi connectivity index (χ1) is 15.5. The van der Waals surface area contributed by atoms with E-state index < -0.39 is 0 Å². The molecule has 0 aliphatic carbocycles. The lowest BCUT2D eigenvalue weighted by atomic mass is 10.1. The molecular weight excluding hydrogens is 442 g/mol. The van der Waals surface area contributed by atoms with E-state index in [1.54, 1.807) is 11.9 Å². The van der Waals surface area contributed by atoms with E-state index in [2.05, 4.69) is 0 Å². The second kappa shape index (κ2) is 8.44. The van der Waals surface area contributed by atoms with E-state index in [1.165, 1.54) is 27.7 Å². The quantitative estimate of drug-likeness (QED) is 0.330. The SMILES string of the molecule is Cc1ccc2c(c1)N(C(=O)CSc1nc3c(-c4ccccc4)csc3c(=O)n1C)CCO2. The van der Waals surface area contributed by atoms with Crippen molar-refractivity contribution < 1.29 is 9.53 Å². The van der Waals surface area contributed by atoms with Crippen LogP contribution in [0.3, 0.4) is 0 Å². The molecule has 1 amide bonds. The number of hydrogen-bond acceptors (Lipinski definition) is 6. The summed E-state index contributed by atoms with van der Waals surface area (Å²) in [5.74, 6) is 0.871. The maximum absolute atomic E-state index is 13.1. The number of rotatable bonds is 4. The van der Waals surface area contributed by atoms with Gasteiger partial charge in [0.05, 0.1) is 23.5 Å². The minimum absolute atomic E-state index is 0.0342. The number of hydrogen-bond donors (Lipinski definition) is 0. The maximum atomic E-state index is 13.1. The van der Waals surface area contributed by atoms with Gasteiger partial charge in [-0.05, 0) is 30.2 Å². The lowest BCUT2D eigenvalue weighted by Gasteiger charge is -2.29. The predicted molar refractivity (Wildman–Crippen MR) is 130 cm³/mol. The number of aromatic nitrogens is 2. The lowest BCUT2D eigenvalue weighted by molar-refractivity contribution is -0.116. The van der Waals surface area contributed by atoms with Crippen LogP contribution in [0.5, 0.6) is 5.75 Å². The van der Waals surface area contributed by atoms with Gasteiger partial charge in [0.2, 0.25) is 5.91 Å². The van der Waals surface area contributed by atoms with Crippen molar-refractivity contribution >= 4 is 44.9 Å². The van der Waals surface area contributed by atoms with E-state index in [9.17, 15) is 9.59 Å². The Morgan fingerprint density at radius 1 is 1.22 bits per heavy atom. The third-order valence-corrected chi connectivity index (χ3v) is 7.42. The monoisotopic (exact) mass is 463 g/mol. The molecule has 0 spiro atoms. The Morgan fingerprint density at radius 2 is 2.03 bits per heavy atom. The summed E-state index contributed by atoms with van der Waals surface area (Å²) < 4.78 is 7.85. The number of anilines is 1. The highest BCUT2D eigenvalue weighted by atomic mass is 32.2. The number of aryl methyl sites for hydroxylation is 1. The molecule has 4 aromatic rings. The molecule has 2 aromatic carbocycles. The van der Waals surface area contributed by atoms with Crippen molar-refractivity contribution in [1.82, 2.24) is 9.55 Å². The number of carbonyl (C=O) groups is 1. The molecule has 8 heteroatoms. The molecule has 0 saturated heterocycles. The average Bonchev–Trinajstić information content (AvgIpc) is 3.24. The molecule has 0 atom stereocenters. The van der Waals surface area contributed by atoms with Crippen molar-refractivity contribution in [2.45, 2.75) is 12.1 Å². The number of benzene rings is 2. The first kappa shape index (κ1) is 20.8. The van der Waals surface area contributed by atoms with Gasteiger partial charge in [-0.1, -0.05) is 48.2 Å². The minimum Gasteiger partial charge on any atom is -0.490 e. The summed E-state index contributed by atoms with van der Waals surface area (Å²) in [7, 11) is 1.71. The molecule has 5 rings (SSSR count). The lowest BCUT2D eigenvalue weighted by Crippen LogP contribution is -2.39. The van der Waals surface area contributed by atoms with Gasteiger partial charge in [-0.25, -0.2) is 4.98 Å². The predicted octanol–water partition coefficient (Wildman–Crippen LogP) is 4.49. The van der Waals surface area contributed by atoms with Crippen molar-refractivity contribution in [3.8, 4) is 16.9 Å². The third kappa shape index (κ3) is 3.69. The van der Waals surface area contributed by atoms with Gasteiger partial charge in [0.15, 0.2) is 5.16 Å². The van der Waals surface area contributed by atoms with Crippen LogP contribution in [0.25, 0.3) is 21.3 Å². The van der Waals surface area contributed by atoms with Gasteiger partial charge in [-0.3, -0.25) is 14.2 Å². The molecular formula is C24H21N3O3S2. The van der Waals surface area contributed by atoms with Crippen LogP contribution in [0, 0.1) is 6.92 Å². The Labute approximate surface area is 193 Å². The fraction of sp³-hybridized carbons (Fsp3) is 0.208.